The summed E-state index contributed by atoms with van der Waals surface area (Å²) in [5, 5.41) is 0. The Labute approximate surface area is 139 Å². The van der Waals surface area contributed by atoms with Crippen molar-refractivity contribution in [2.24, 2.45) is 0 Å². The molecule has 0 aromatic heterocycles. The van der Waals surface area contributed by atoms with Crippen LogP contribution in [0.4, 0.5) is 0 Å². The third-order valence-electron chi connectivity index (χ3n) is 4.72. The average molecular weight is 300 g/mol. The first kappa shape index (κ1) is 15.6. The van der Waals surface area contributed by atoms with Gasteiger partial charge in [-0.05, 0) is 34.6 Å². The number of rotatable bonds is 5. The molecule has 0 amide bonds. The monoisotopic (exact) mass is 300 g/mol. The standard InChI is InChI=1S/C23H24/c1-3-18(2)19-14-16-22(17-15-19)23(20-10-6-4-7-11-20)21-12-8-5-9-13-21/h4-18,23H,3H2,1-2H3. The predicted octanol–water partition coefficient (Wildman–Crippen LogP) is 6.38. The van der Waals surface area contributed by atoms with Crippen molar-refractivity contribution in [2.45, 2.75) is 32.1 Å². The van der Waals surface area contributed by atoms with Gasteiger partial charge in [0.1, 0.15) is 0 Å². The maximum Gasteiger partial charge on any atom is 0.0339 e. The third-order valence-corrected chi connectivity index (χ3v) is 4.72. The molecule has 3 aromatic carbocycles. The summed E-state index contributed by atoms with van der Waals surface area (Å²) < 4.78 is 0. The molecule has 1 atom stereocenters. The van der Waals surface area contributed by atoms with E-state index in [4.69, 9.17) is 0 Å². The van der Waals surface area contributed by atoms with E-state index >= 15 is 0 Å². The molecule has 0 saturated carbocycles. The molecule has 0 aliphatic heterocycles. The van der Waals surface area contributed by atoms with Crippen LogP contribution in [0.15, 0.2) is 84.9 Å². The van der Waals surface area contributed by atoms with Crippen LogP contribution in [0.3, 0.4) is 0 Å². The molecule has 0 bridgehead atoms. The van der Waals surface area contributed by atoms with Gasteiger partial charge in [-0.15, -0.1) is 0 Å². The van der Waals surface area contributed by atoms with E-state index in [1.54, 1.807) is 0 Å². The van der Waals surface area contributed by atoms with Crippen LogP contribution in [0.25, 0.3) is 0 Å². The van der Waals surface area contributed by atoms with Crippen LogP contribution in [0.5, 0.6) is 0 Å². The maximum absolute atomic E-state index is 2.30. The van der Waals surface area contributed by atoms with E-state index in [2.05, 4.69) is 98.8 Å². The molecule has 1 unspecified atom stereocenters. The molecule has 0 aliphatic carbocycles. The van der Waals surface area contributed by atoms with Crippen LogP contribution < -0.4 is 0 Å². The van der Waals surface area contributed by atoms with Gasteiger partial charge in [-0.3, -0.25) is 0 Å². The van der Waals surface area contributed by atoms with Crippen LogP contribution >= 0.6 is 0 Å². The van der Waals surface area contributed by atoms with Crippen LogP contribution in [0, 0.1) is 0 Å². The Morgan fingerprint density at radius 1 is 0.565 bits per heavy atom. The molecule has 116 valence electrons. The zero-order valence-electron chi connectivity index (χ0n) is 13.9. The van der Waals surface area contributed by atoms with E-state index in [1.165, 1.54) is 28.7 Å². The first-order chi connectivity index (χ1) is 11.3. The summed E-state index contributed by atoms with van der Waals surface area (Å²) in [4.78, 5) is 0. The molecular weight excluding hydrogens is 276 g/mol. The fourth-order valence-corrected chi connectivity index (χ4v) is 3.12. The van der Waals surface area contributed by atoms with Gasteiger partial charge in [0.15, 0.2) is 0 Å². The van der Waals surface area contributed by atoms with Gasteiger partial charge in [-0.25, -0.2) is 0 Å². The third kappa shape index (κ3) is 3.53. The second-order valence-electron chi connectivity index (χ2n) is 6.23. The van der Waals surface area contributed by atoms with Crippen molar-refractivity contribution in [1.29, 1.82) is 0 Å². The Balaban J connectivity index is 2.02. The van der Waals surface area contributed by atoms with E-state index in [0.29, 0.717) is 11.8 Å². The summed E-state index contributed by atoms with van der Waals surface area (Å²) in [5.41, 5.74) is 5.47. The first-order valence-corrected chi connectivity index (χ1v) is 8.49. The maximum atomic E-state index is 2.30. The summed E-state index contributed by atoms with van der Waals surface area (Å²) in [6.07, 6.45) is 1.18. The Bertz CT molecular complexity index is 672. The van der Waals surface area contributed by atoms with Gasteiger partial charge in [-0.2, -0.15) is 0 Å². The molecule has 0 fully saturated rings. The molecule has 0 radical (unpaired) electrons. The highest BCUT2D eigenvalue weighted by Crippen LogP contribution is 2.32. The minimum Gasteiger partial charge on any atom is -0.0648 e. The molecule has 0 aliphatic rings. The van der Waals surface area contributed by atoms with Gasteiger partial charge in [0.2, 0.25) is 0 Å². The van der Waals surface area contributed by atoms with Crippen LogP contribution in [0.2, 0.25) is 0 Å². The van der Waals surface area contributed by atoms with Crippen molar-refractivity contribution in [2.75, 3.05) is 0 Å². The lowest BCUT2D eigenvalue weighted by molar-refractivity contribution is 0.733. The topological polar surface area (TPSA) is 0 Å². The smallest absolute Gasteiger partial charge is 0.0339 e. The van der Waals surface area contributed by atoms with Gasteiger partial charge in [0.05, 0.1) is 0 Å². The number of hydrogen-bond donors (Lipinski definition) is 0. The van der Waals surface area contributed by atoms with E-state index in [9.17, 15) is 0 Å². The zero-order valence-corrected chi connectivity index (χ0v) is 13.9. The van der Waals surface area contributed by atoms with Gasteiger partial charge in [-0.1, -0.05) is 98.8 Å². The molecule has 0 N–H and O–H groups in total. The highest BCUT2D eigenvalue weighted by molar-refractivity contribution is 5.43. The van der Waals surface area contributed by atoms with Gasteiger partial charge < -0.3 is 0 Å². The van der Waals surface area contributed by atoms with E-state index in [0.717, 1.165) is 0 Å². The van der Waals surface area contributed by atoms with Gasteiger partial charge in [0.25, 0.3) is 0 Å². The Morgan fingerprint density at radius 2 is 0.957 bits per heavy atom. The summed E-state index contributed by atoms with van der Waals surface area (Å²) >= 11 is 0. The molecule has 0 saturated heterocycles. The van der Waals surface area contributed by atoms with Gasteiger partial charge >= 0.3 is 0 Å². The Hall–Kier alpha value is -2.34. The van der Waals surface area contributed by atoms with E-state index < -0.39 is 0 Å². The SMILES string of the molecule is CCC(C)c1ccc(C(c2ccccc2)c2ccccc2)cc1. The molecule has 0 heteroatoms. The van der Waals surface area contributed by atoms with E-state index in [1.807, 2.05) is 0 Å². The summed E-state index contributed by atoms with van der Waals surface area (Å²) in [5.74, 6) is 0.916. The highest BCUT2D eigenvalue weighted by atomic mass is 14.2. The molecular formula is C23H24. The second-order valence-corrected chi connectivity index (χ2v) is 6.23. The number of benzene rings is 3. The summed E-state index contributed by atoms with van der Waals surface area (Å²) in [6.45, 7) is 4.54. The molecule has 3 aromatic rings. The average Bonchev–Trinajstić information content (AvgIpc) is 2.64. The molecule has 0 spiro atoms. The quantitative estimate of drug-likeness (QED) is 0.479. The van der Waals surface area contributed by atoms with Crippen molar-refractivity contribution >= 4 is 0 Å². The minimum absolute atomic E-state index is 0.295. The normalized spacial score (nSPS) is 12.3. The first-order valence-electron chi connectivity index (χ1n) is 8.49. The van der Waals surface area contributed by atoms with Crippen LogP contribution in [0.1, 0.15) is 54.4 Å². The molecule has 3 rings (SSSR count). The fourth-order valence-electron chi connectivity index (χ4n) is 3.12. The predicted molar refractivity (Wildman–Crippen MR) is 99.0 cm³/mol. The van der Waals surface area contributed by atoms with Crippen molar-refractivity contribution < 1.29 is 0 Å². The van der Waals surface area contributed by atoms with Crippen molar-refractivity contribution in [1.82, 2.24) is 0 Å². The van der Waals surface area contributed by atoms with Gasteiger partial charge in [0, 0.05) is 5.92 Å². The summed E-state index contributed by atoms with van der Waals surface area (Å²) in [6, 6.07) is 30.7. The largest absolute Gasteiger partial charge is 0.0648 e. The minimum atomic E-state index is 0.295. The summed E-state index contributed by atoms with van der Waals surface area (Å²) in [7, 11) is 0. The Kier molecular flexibility index (Phi) is 4.92. The second kappa shape index (κ2) is 7.28. The van der Waals surface area contributed by atoms with Crippen molar-refractivity contribution in [3.8, 4) is 0 Å². The fraction of sp³-hybridized carbons (Fsp3) is 0.217. The molecule has 0 heterocycles. The molecule has 23 heavy (non-hydrogen) atoms. The lowest BCUT2D eigenvalue weighted by Gasteiger charge is -2.20. The van der Waals surface area contributed by atoms with Crippen molar-refractivity contribution in [3.63, 3.8) is 0 Å². The Morgan fingerprint density at radius 3 is 1.39 bits per heavy atom. The van der Waals surface area contributed by atoms with E-state index in [-0.39, 0.29) is 0 Å². The van der Waals surface area contributed by atoms with Crippen molar-refractivity contribution in [3.05, 3.63) is 107 Å². The van der Waals surface area contributed by atoms with Crippen LogP contribution in [-0.4, -0.2) is 0 Å². The lowest BCUT2D eigenvalue weighted by Crippen LogP contribution is -2.03. The molecule has 0 nitrogen and oxygen atoms in total. The highest BCUT2D eigenvalue weighted by Gasteiger charge is 2.16. The number of hydrogen-bond acceptors (Lipinski definition) is 0. The van der Waals surface area contributed by atoms with Crippen LogP contribution in [-0.2, 0) is 0 Å². The lowest BCUT2D eigenvalue weighted by atomic mass is 9.84. The zero-order chi connectivity index (χ0) is 16.1.